The molecule has 4 rings (SSSR count). The van der Waals surface area contributed by atoms with Gasteiger partial charge < -0.3 is 20.3 Å². The molecule has 1 aromatic heterocycles. The van der Waals surface area contributed by atoms with Crippen LogP contribution in [0.2, 0.25) is 0 Å². The van der Waals surface area contributed by atoms with Crippen LogP contribution in [0.15, 0.2) is 24.5 Å². The van der Waals surface area contributed by atoms with E-state index >= 15 is 0 Å². The van der Waals surface area contributed by atoms with Gasteiger partial charge in [-0.2, -0.15) is 5.10 Å². The van der Waals surface area contributed by atoms with E-state index in [1.54, 1.807) is 7.11 Å². The maximum absolute atomic E-state index is 6.22. The van der Waals surface area contributed by atoms with Crippen LogP contribution in [0.5, 0.6) is 5.75 Å². The zero-order valence-corrected chi connectivity index (χ0v) is 17.3. The number of hydrogen-bond acceptors (Lipinski definition) is 6. The summed E-state index contributed by atoms with van der Waals surface area (Å²) in [6.45, 7) is 6.68. The minimum absolute atomic E-state index is 0.662. The van der Waals surface area contributed by atoms with Gasteiger partial charge in [-0.15, -0.1) is 0 Å². The van der Waals surface area contributed by atoms with Crippen LogP contribution < -0.4 is 15.4 Å². The molecule has 28 heavy (non-hydrogen) atoms. The lowest BCUT2D eigenvalue weighted by Crippen LogP contribution is -2.53. The van der Waals surface area contributed by atoms with Crippen LogP contribution in [0.4, 0.5) is 11.4 Å². The Bertz CT molecular complexity index is 803. The highest BCUT2D eigenvalue weighted by atomic mass is 16.5. The van der Waals surface area contributed by atoms with E-state index in [0.29, 0.717) is 5.69 Å². The molecule has 2 fully saturated rings. The molecular formula is C21H32N6O. The second kappa shape index (κ2) is 8.01. The number of nitrogens with two attached hydrogens (primary N) is 1. The molecule has 7 heteroatoms. The van der Waals surface area contributed by atoms with Crippen molar-refractivity contribution >= 4 is 11.4 Å². The number of aromatic nitrogens is 2. The van der Waals surface area contributed by atoms with Gasteiger partial charge in [0.25, 0.3) is 0 Å². The van der Waals surface area contributed by atoms with Gasteiger partial charge in [-0.05, 0) is 39.0 Å². The number of piperidine rings is 1. The van der Waals surface area contributed by atoms with Gasteiger partial charge in [-0.1, -0.05) is 0 Å². The Hall–Kier alpha value is -2.25. The highest BCUT2D eigenvalue weighted by Crippen LogP contribution is 2.38. The average Bonchev–Trinajstić information content (AvgIpc) is 3.15. The predicted octanol–water partition coefficient (Wildman–Crippen LogP) is 1.89. The second-order valence-electron chi connectivity index (χ2n) is 8.07. The first-order valence-electron chi connectivity index (χ1n) is 10.2. The molecule has 2 saturated heterocycles. The number of nitrogen functional groups attached to an aromatic ring is 1. The molecule has 0 unspecified atom stereocenters. The van der Waals surface area contributed by atoms with Gasteiger partial charge in [0.05, 0.1) is 19.0 Å². The van der Waals surface area contributed by atoms with Crippen molar-refractivity contribution in [3.63, 3.8) is 0 Å². The van der Waals surface area contributed by atoms with Crippen LogP contribution in [0.3, 0.4) is 0 Å². The lowest BCUT2D eigenvalue weighted by Gasteiger charge is -2.43. The Labute approximate surface area is 167 Å². The Morgan fingerprint density at radius 3 is 2.36 bits per heavy atom. The van der Waals surface area contributed by atoms with Crippen molar-refractivity contribution in [2.24, 2.45) is 7.05 Å². The van der Waals surface area contributed by atoms with E-state index in [1.165, 1.54) is 31.6 Å². The van der Waals surface area contributed by atoms with E-state index in [2.05, 4.69) is 32.9 Å². The molecule has 0 atom stereocenters. The highest BCUT2D eigenvalue weighted by molar-refractivity contribution is 5.83. The van der Waals surface area contributed by atoms with Gasteiger partial charge in [0, 0.05) is 68.3 Å². The van der Waals surface area contributed by atoms with Gasteiger partial charge in [-0.3, -0.25) is 9.58 Å². The molecule has 2 N–H and O–H groups in total. The summed E-state index contributed by atoms with van der Waals surface area (Å²) >= 11 is 0. The molecule has 2 aromatic rings. The number of ether oxygens (including phenoxy) is 1. The zero-order chi connectivity index (χ0) is 19.7. The quantitative estimate of drug-likeness (QED) is 0.813. The predicted molar refractivity (Wildman–Crippen MR) is 114 cm³/mol. The van der Waals surface area contributed by atoms with Crippen molar-refractivity contribution in [2.75, 3.05) is 64.1 Å². The van der Waals surface area contributed by atoms with E-state index in [-0.39, 0.29) is 0 Å². The molecule has 0 bridgehead atoms. The third-order valence-corrected chi connectivity index (χ3v) is 6.22. The Balaban J connectivity index is 1.54. The first-order valence-corrected chi connectivity index (χ1v) is 10.2. The van der Waals surface area contributed by atoms with Crippen LogP contribution in [0.25, 0.3) is 11.1 Å². The first-order chi connectivity index (χ1) is 13.5. The molecule has 7 nitrogen and oxygen atoms in total. The molecule has 2 aliphatic rings. The zero-order valence-electron chi connectivity index (χ0n) is 17.3. The maximum atomic E-state index is 6.22. The van der Waals surface area contributed by atoms with Gasteiger partial charge >= 0.3 is 0 Å². The number of aryl methyl sites for hydroxylation is 1. The monoisotopic (exact) mass is 384 g/mol. The molecular weight excluding hydrogens is 352 g/mol. The lowest BCUT2D eigenvalue weighted by atomic mass is 10.0. The van der Waals surface area contributed by atoms with Crippen molar-refractivity contribution in [1.29, 1.82) is 0 Å². The number of nitrogens with zero attached hydrogens (tertiary/aromatic N) is 5. The fraction of sp³-hybridized carbons (Fsp3) is 0.571. The summed E-state index contributed by atoms with van der Waals surface area (Å²) in [4.78, 5) is 7.59. The number of rotatable bonds is 4. The summed E-state index contributed by atoms with van der Waals surface area (Å²) in [6.07, 6.45) is 6.51. The van der Waals surface area contributed by atoms with E-state index in [0.717, 1.165) is 49.1 Å². The average molecular weight is 385 g/mol. The molecule has 1 aromatic carbocycles. The third-order valence-electron chi connectivity index (χ3n) is 6.22. The molecule has 0 aliphatic carbocycles. The molecule has 152 valence electrons. The summed E-state index contributed by atoms with van der Waals surface area (Å²) in [6, 6.07) is 4.84. The van der Waals surface area contributed by atoms with Crippen molar-refractivity contribution in [1.82, 2.24) is 19.6 Å². The Morgan fingerprint density at radius 2 is 1.75 bits per heavy atom. The van der Waals surface area contributed by atoms with E-state index in [1.807, 2.05) is 30.2 Å². The maximum Gasteiger partial charge on any atom is 0.143 e. The third kappa shape index (κ3) is 3.82. The number of benzene rings is 1. The second-order valence-corrected chi connectivity index (χ2v) is 8.07. The smallest absolute Gasteiger partial charge is 0.143 e. The molecule has 0 amide bonds. The van der Waals surface area contributed by atoms with Crippen LogP contribution in [0.1, 0.15) is 12.8 Å². The van der Waals surface area contributed by atoms with Crippen molar-refractivity contribution in [3.8, 4) is 16.9 Å². The lowest BCUT2D eigenvalue weighted by molar-refractivity contribution is 0.115. The number of piperazine rings is 1. The van der Waals surface area contributed by atoms with Gasteiger partial charge in [0.1, 0.15) is 5.75 Å². The van der Waals surface area contributed by atoms with E-state index < -0.39 is 0 Å². The fourth-order valence-electron chi connectivity index (χ4n) is 4.50. The fourth-order valence-corrected chi connectivity index (χ4v) is 4.50. The number of hydrogen-bond donors (Lipinski definition) is 1. The van der Waals surface area contributed by atoms with E-state index in [4.69, 9.17) is 10.5 Å². The molecule has 2 aliphatic heterocycles. The summed E-state index contributed by atoms with van der Waals surface area (Å²) in [5.74, 6) is 0.736. The Kier molecular flexibility index (Phi) is 5.46. The molecule has 0 radical (unpaired) electrons. The largest absolute Gasteiger partial charge is 0.495 e. The molecule has 0 saturated carbocycles. The minimum atomic E-state index is 0.662. The number of anilines is 2. The minimum Gasteiger partial charge on any atom is -0.495 e. The molecule has 3 heterocycles. The standard InChI is InChI=1S/C21H32N6O/c1-24-6-4-17(5-7-24)26-8-10-27(11-9-26)20-13-21(28-3)19(22)12-18(20)16-14-23-25(2)15-16/h12-15,17H,4-11,22H2,1-3H3. The van der Waals surface area contributed by atoms with Crippen LogP contribution in [-0.2, 0) is 7.05 Å². The van der Waals surface area contributed by atoms with Crippen LogP contribution in [0, 0.1) is 0 Å². The normalized spacial score (nSPS) is 19.9. The summed E-state index contributed by atoms with van der Waals surface area (Å²) < 4.78 is 7.34. The number of methoxy groups -OCH3 is 1. The summed E-state index contributed by atoms with van der Waals surface area (Å²) in [7, 11) is 5.84. The topological polar surface area (TPSA) is 62.8 Å². The van der Waals surface area contributed by atoms with E-state index in [9.17, 15) is 0 Å². The van der Waals surface area contributed by atoms with Gasteiger partial charge in [0.15, 0.2) is 0 Å². The molecule has 0 spiro atoms. The summed E-state index contributed by atoms with van der Waals surface area (Å²) in [5, 5.41) is 4.34. The number of likely N-dealkylation sites (tertiary alicyclic amines) is 1. The Morgan fingerprint density at radius 1 is 1.04 bits per heavy atom. The first kappa shape index (κ1) is 19.1. The van der Waals surface area contributed by atoms with Gasteiger partial charge in [-0.25, -0.2) is 0 Å². The SMILES string of the molecule is COc1cc(N2CCN(C3CCN(C)CC3)CC2)c(-c2cnn(C)c2)cc1N. The van der Waals surface area contributed by atoms with Crippen molar-refractivity contribution in [3.05, 3.63) is 24.5 Å². The van der Waals surface area contributed by atoms with Crippen LogP contribution >= 0.6 is 0 Å². The highest BCUT2D eigenvalue weighted by Gasteiger charge is 2.28. The van der Waals surface area contributed by atoms with Crippen LogP contribution in [-0.4, -0.2) is 79.0 Å². The van der Waals surface area contributed by atoms with Crippen molar-refractivity contribution in [2.45, 2.75) is 18.9 Å². The van der Waals surface area contributed by atoms with Gasteiger partial charge in [0.2, 0.25) is 0 Å². The summed E-state index contributed by atoms with van der Waals surface area (Å²) in [5.41, 5.74) is 10.3. The van der Waals surface area contributed by atoms with Crippen molar-refractivity contribution < 1.29 is 4.74 Å².